The van der Waals surface area contributed by atoms with Gasteiger partial charge in [-0.05, 0) is 54.7 Å². The minimum Gasteiger partial charge on any atom is -0.409 e. The van der Waals surface area contributed by atoms with Crippen LogP contribution in [0.2, 0.25) is 0 Å². The van der Waals surface area contributed by atoms with Gasteiger partial charge in [-0.2, -0.15) is 0 Å². The molecular formula is C17H17N3OS2. The molecule has 0 radical (unpaired) electrons. The fourth-order valence-electron chi connectivity index (χ4n) is 3.02. The number of thiophene rings is 1. The van der Waals surface area contributed by atoms with Gasteiger partial charge in [0.25, 0.3) is 4.84 Å². The molecule has 0 N–H and O–H groups in total. The van der Waals surface area contributed by atoms with E-state index in [1.54, 1.807) is 4.68 Å². The summed E-state index contributed by atoms with van der Waals surface area (Å²) in [6.07, 6.45) is 1.09. The average Bonchev–Trinajstić information content (AvgIpc) is 3.19. The van der Waals surface area contributed by atoms with Crippen molar-refractivity contribution in [2.75, 3.05) is 6.54 Å². The predicted octanol–water partition coefficient (Wildman–Crippen LogP) is 4.51. The van der Waals surface area contributed by atoms with Crippen LogP contribution < -0.4 is 0 Å². The van der Waals surface area contributed by atoms with Crippen LogP contribution in [-0.2, 0) is 13.1 Å². The molecule has 1 aliphatic heterocycles. The van der Waals surface area contributed by atoms with E-state index in [1.807, 2.05) is 41.7 Å². The molecule has 6 heteroatoms. The largest absolute Gasteiger partial charge is 0.409 e. The molecule has 23 heavy (non-hydrogen) atoms. The molecule has 0 aliphatic carbocycles. The summed E-state index contributed by atoms with van der Waals surface area (Å²) in [4.78, 5) is 4.32. The van der Waals surface area contributed by atoms with Gasteiger partial charge in [0.2, 0.25) is 5.89 Å². The summed E-state index contributed by atoms with van der Waals surface area (Å²) in [6, 6.07) is 12.5. The fourth-order valence-corrected chi connectivity index (χ4v) is 4.16. The quantitative estimate of drug-likeness (QED) is 0.655. The molecule has 3 aromatic rings. The van der Waals surface area contributed by atoms with Gasteiger partial charge in [0, 0.05) is 23.0 Å². The predicted molar refractivity (Wildman–Crippen MR) is 93.9 cm³/mol. The molecule has 118 valence electrons. The zero-order valence-corrected chi connectivity index (χ0v) is 14.4. The van der Waals surface area contributed by atoms with E-state index in [0.717, 1.165) is 18.5 Å². The molecule has 0 saturated heterocycles. The van der Waals surface area contributed by atoms with E-state index in [-0.39, 0.29) is 0 Å². The van der Waals surface area contributed by atoms with Crippen LogP contribution in [0, 0.1) is 4.84 Å². The Bertz CT molecular complexity index is 865. The smallest absolute Gasteiger partial charge is 0.288 e. The molecule has 1 atom stereocenters. The van der Waals surface area contributed by atoms with Gasteiger partial charge >= 0.3 is 0 Å². The second-order valence-electron chi connectivity index (χ2n) is 5.72. The summed E-state index contributed by atoms with van der Waals surface area (Å²) in [7, 11) is 0. The summed E-state index contributed by atoms with van der Waals surface area (Å²) in [5, 5.41) is 6.74. The molecule has 4 nitrogen and oxygen atoms in total. The molecule has 0 saturated carbocycles. The summed E-state index contributed by atoms with van der Waals surface area (Å²) in [5.74, 6) is 0.580. The number of fused-ring (bicyclic) bond motifs is 1. The molecule has 0 unspecified atom stereocenters. The maximum Gasteiger partial charge on any atom is 0.288 e. The van der Waals surface area contributed by atoms with E-state index in [2.05, 4.69) is 28.4 Å². The number of aromatic nitrogens is 2. The Kier molecular flexibility index (Phi) is 3.88. The Labute approximate surface area is 144 Å². The highest BCUT2D eigenvalue weighted by Crippen LogP contribution is 2.33. The lowest BCUT2D eigenvalue weighted by atomic mass is 10.0. The Morgan fingerprint density at radius 1 is 1.30 bits per heavy atom. The highest BCUT2D eigenvalue weighted by molar-refractivity contribution is 7.71. The van der Waals surface area contributed by atoms with Crippen molar-refractivity contribution in [2.45, 2.75) is 26.1 Å². The number of hydrogen-bond acceptors (Lipinski definition) is 5. The lowest BCUT2D eigenvalue weighted by molar-refractivity contribution is 0.142. The highest BCUT2D eigenvalue weighted by atomic mass is 32.1. The molecule has 2 aromatic heterocycles. The minimum atomic E-state index is 0.378. The van der Waals surface area contributed by atoms with Gasteiger partial charge in [0.15, 0.2) is 0 Å². The first-order chi connectivity index (χ1) is 11.2. The van der Waals surface area contributed by atoms with Crippen LogP contribution >= 0.6 is 23.6 Å². The molecule has 0 bridgehead atoms. The lowest BCUT2D eigenvalue weighted by Crippen LogP contribution is -2.35. The first-order valence-corrected chi connectivity index (χ1v) is 8.95. The number of rotatable bonds is 3. The lowest BCUT2D eigenvalue weighted by Gasteiger charge is -2.32. The van der Waals surface area contributed by atoms with Gasteiger partial charge in [-0.3, -0.25) is 4.90 Å². The minimum absolute atomic E-state index is 0.378. The number of benzene rings is 1. The third-order valence-electron chi connectivity index (χ3n) is 4.35. The van der Waals surface area contributed by atoms with E-state index in [0.29, 0.717) is 23.4 Å². The third kappa shape index (κ3) is 2.78. The normalized spacial score (nSPS) is 18.0. The summed E-state index contributed by atoms with van der Waals surface area (Å²) >= 11 is 7.20. The number of hydrogen-bond donors (Lipinski definition) is 0. The van der Waals surface area contributed by atoms with Crippen molar-refractivity contribution in [1.82, 2.24) is 14.7 Å². The van der Waals surface area contributed by atoms with Gasteiger partial charge in [0.05, 0.1) is 6.67 Å². The topological polar surface area (TPSA) is 34.2 Å². The van der Waals surface area contributed by atoms with E-state index < -0.39 is 0 Å². The van der Waals surface area contributed by atoms with Gasteiger partial charge in [-0.1, -0.05) is 18.2 Å². The van der Waals surface area contributed by atoms with Gasteiger partial charge in [-0.25, -0.2) is 4.68 Å². The van der Waals surface area contributed by atoms with Crippen molar-refractivity contribution >= 4 is 23.6 Å². The first-order valence-electron chi connectivity index (χ1n) is 7.66. The molecule has 0 fully saturated rings. The van der Waals surface area contributed by atoms with Crippen molar-refractivity contribution < 1.29 is 4.42 Å². The van der Waals surface area contributed by atoms with Crippen molar-refractivity contribution in [1.29, 1.82) is 0 Å². The zero-order chi connectivity index (χ0) is 15.8. The summed E-state index contributed by atoms with van der Waals surface area (Å²) in [6.45, 7) is 3.92. The van der Waals surface area contributed by atoms with Gasteiger partial charge in [-0.15, -0.1) is 16.4 Å². The highest BCUT2D eigenvalue weighted by Gasteiger charge is 2.25. The molecule has 1 aromatic carbocycles. The van der Waals surface area contributed by atoms with Crippen LogP contribution in [0.1, 0.15) is 23.4 Å². The summed E-state index contributed by atoms with van der Waals surface area (Å²) in [5.41, 5.74) is 2.38. The second-order valence-corrected chi connectivity index (χ2v) is 7.07. The van der Waals surface area contributed by atoms with Crippen LogP contribution in [-0.4, -0.2) is 21.2 Å². The molecule has 0 amide bonds. The Balaban J connectivity index is 1.58. The Hall–Kier alpha value is -1.76. The number of nitrogens with zero attached hydrogens (tertiary/aromatic N) is 3. The third-order valence-corrected chi connectivity index (χ3v) is 5.64. The molecule has 4 rings (SSSR count). The Morgan fingerprint density at radius 2 is 2.13 bits per heavy atom. The Morgan fingerprint density at radius 3 is 2.96 bits per heavy atom. The molecule has 3 heterocycles. The monoisotopic (exact) mass is 343 g/mol. The maximum absolute atomic E-state index is 5.67. The maximum atomic E-state index is 5.67. The SMILES string of the molecule is C[C@H]1c2ccsc2CCN1Cn1nc(-c2ccccc2)oc1=S. The average molecular weight is 343 g/mol. The zero-order valence-electron chi connectivity index (χ0n) is 12.8. The fraction of sp³-hybridized carbons (Fsp3) is 0.294. The van der Waals surface area contributed by atoms with E-state index in [1.165, 1.54) is 10.4 Å². The van der Waals surface area contributed by atoms with Crippen LogP contribution in [0.25, 0.3) is 11.5 Å². The second kappa shape index (κ2) is 6.03. The standard InChI is InChI=1S/C17H17N3OS2/c1-12-14-8-10-23-15(14)7-9-19(12)11-20-17(22)21-16(18-20)13-5-3-2-4-6-13/h2-6,8,10,12H,7,9,11H2,1H3/t12-/m0/s1. The molecule has 1 aliphatic rings. The van der Waals surface area contributed by atoms with E-state index in [4.69, 9.17) is 16.6 Å². The van der Waals surface area contributed by atoms with Crippen LogP contribution in [0.4, 0.5) is 0 Å². The van der Waals surface area contributed by atoms with E-state index >= 15 is 0 Å². The van der Waals surface area contributed by atoms with Crippen LogP contribution in [0.15, 0.2) is 46.2 Å². The van der Waals surface area contributed by atoms with E-state index in [9.17, 15) is 0 Å². The molecular weight excluding hydrogens is 326 g/mol. The van der Waals surface area contributed by atoms with Crippen molar-refractivity contribution in [3.8, 4) is 11.5 Å². The van der Waals surface area contributed by atoms with Crippen molar-refractivity contribution in [3.05, 3.63) is 57.1 Å². The molecule has 0 spiro atoms. The van der Waals surface area contributed by atoms with Crippen molar-refractivity contribution in [2.24, 2.45) is 0 Å². The van der Waals surface area contributed by atoms with Gasteiger partial charge in [0.1, 0.15) is 0 Å². The van der Waals surface area contributed by atoms with Crippen LogP contribution in [0.3, 0.4) is 0 Å². The van der Waals surface area contributed by atoms with Crippen LogP contribution in [0.5, 0.6) is 0 Å². The van der Waals surface area contributed by atoms with Gasteiger partial charge < -0.3 is 4.42 Å². The first kappa shape index (κ1) is 14.8. The summed E-state index contributed by atoms with van der Waals surface area (Å²) < 4.78 is 7.46. The van der Waals surface area contributed by atoms with Crippen molar-refractivity contribution in [3.63, 3.8) is 0 Å².